The summed E-state index contributed by atoms with van der Waals surface area (Å²) in [6, 6.07) is 2.10. The number of ether oxygens (including phenoxy) is 2. The Bertz CT molecular complexity index is 886. The highest BCUT2D eigenvalue weighted by Crippen LogP contribution is 2.67. The molecule has 5 aliphatic rings. The molecule has 1 aromatic heterocycles. The van der Waals surface area contributed by atoms with E-state index in [-0.39, 0.29) is 40.7 Å². The Kier molecular flexibility index (Phi) is 4.45. The molecule has 3 aliphatic carbocycles. The van der Waals surface area contributed by atoms with Crippen LogP contribution in [0.5, 0.6) is 0 Å². The van der Waals surface area contributed by atoms with Crippen molar-refractivity contribution in [2.24, 2.45) is 28.6 Å². The van der Waals surface area contributed by atoms with E-state index in [2.05, 4.69) is 31.7 Å². The molecule has 4 fully saturated rings. The van der Waals surface area contributed by atoms with Crippen LogP contribution in [0.1, 0.15) is 63.0 Å². The Hall–Kier alpha value is -1.37. The third-order valence-corrected chi connectivity index (χ3v) is 9.47. The fraction of sp³-hybridized carbons (Fsp3) is 0.800. The topological polar surface area (TPSA) is 72.1 Å². The fourth-order valence-corrected chi connectivity index (χ4v) is 8.30. The van der Waals surface area contributed by atoms with Gasteiger partial charge in [0.15, 0.2) is 0 Å². The highest BCUT2D eigenvalue weighted by atomic mass is 16.6. The predicted molar refractivity (Wildman–Crippen MR) is 113 cm³/mol. The fourth-order valence-electron chi connectivity index (χ4n) is 8.30. The Morgan fingerprint density at radius 3 is 2.74 bits per heavy atom. The molecule has 2 saturated heterocycles. The van der Waals surface area contributed by atoms with Gasteiger partial charge in [-0.05, 0) is 41.6 Å². The number of rotatable bonds is 2. The van der Waals surface area contributed by atoms with Crippen LogP contribution < -0.4 is 0 Å². The minimum Gasteiger partial charge on any atom is -0.464 e. The van der Waals surface area contributed by atoms with Gasteiger partial charge in [-0.1, -0.05) is 27.2 Å². The molecular weight excluding hydrogens is 394 g/mol. The molecule has 6 heteroatoms. The van der Waals surface area contributed by atoms with Crippen molar-refractivity contribution in [1.82, 2.24) is 4.90 Å². The summed E-state index contributed by atoms with van der Waals surface area (Å²) in [7, 11) is 0. The van der Waals surface area contributed by atoms with Crippen LogP contribution in [-0.2, 0) is 27.2 Å². The second kappa shape index (κ2) is 6.82. The van der Waals surface area contributed by atoms with Gasteiger partial charge in [0.1, 0.15) is 17.6 Å². The van der Waals surface area contributed by atoms with Gasteiger partial charge in [0, 0.05) is 31.0 Å². The SMILES string of the molecule is CC1(C)CCC[C@]2(C)[C@H]3Cc4oc(CN5CCOCC5)cc4[C@H]4C(=O)O[C@@H]([C@H](O)[C@@H]12)[C@@H]43. The summed E-state index contributed by atoms with van der Waals surface area (Å²) in [5, 5.41) is 11.5. The number of hydrogen-bond donors (Lipinski definition) is 1. The number of hydrogen-bond acceptors (Lipinski definition) is 6. The summed E-state index contributed by atoms with van der Waals surface area (Å²) in [6.45, 7) is 11.0. The highest BCUT2D eigenvalue weighted by molar-refractivity contribution is 5.82. The van der Waals surface area contributed by atoms with Gasteiger partial charge >= 0.3 is 5.97 Å². The van der Waals surface area contributed by atoms with E-state index in [1.165, 1.54) is 6.42 Å². The Balaban J connectivity index is 1.39. The summed E-state index contributed by atoms with van der Waals surface area (Å²) < 4.78 is 17.8. The van der Waals surface area contributed by atoms with Gasteiger partial charge in [0.25, 0.3) is 0 Å². The lowest BCUT2D eigenvalue weighted by atomic mass is 9.42. The van der Waals surface area contributed by atoms with Gasteiger partial charge in [-0.25, -0.2) is 0 Å². The van der Waals surface area contributed by atoms with Gasteiger partial charge in [0.2, 0.25) is 0 Å². The summed E-state index contributed by atoms with van der Waals surface area (Å²) in [5.41, 5.74) is 1.04. The van der Waals surface area contributed by atoms with Gasteiger partial charge in [-0.3, -0.25) is 9.69 Å². The number of fused-ring (bicyclic) bond motifs is 4. The molecule has 2 aliphatic heterocycles. The number of morpholine rings is 1. The van der Waals surface area contributed by atoms with Crippen molar-refractivity contribution < 1.29 is 23.8 Å². The molecule has 3 heterocycles. The second-order valence-corrected chi connectivity index (χ2v) is 11.6. The zero-order chi connectivity index (χ0) is 21.5. The summed E-state index contributed by atoms with van der Waals surface area (Å²) in [5.74, 6) is 1.95. The first-order valence-corrected chi connectivity index (χ1v) is 12.1. The van der Waals surface area contributed by atoms with Gasteiger partial charge in [-0.15, -0.1) is 0 Å². The molecule has 0 bridgehead atoms. The van der Waals surface area contributed by atoms with Crippen molar-refractivity contribution >= 4 is 5.97 Å². The third kappa shape index (κ3) is 2.83. The maximum absolute atomic E-state index is 13.1. The summed E-state index contributed by atoms with van der Waals surface area (Å²) in [6.07, 6.45) is 3.27. The van der Waals surface area contributed by atoms with E-state index in [1.807, 2.05) is 0 Å². The van der Waals surface area contributed by atoms with Crippen LogP contribution in [0.2, 0.25) is 0 Å². The van der Waals surface area contributed by atoms with E-state index >= 15 is 0 Å². The van der Waals surface area contributed by atoms with Crippen LogP contribution in [0.15, 0.2) is 10.5 Å². The van der Waals surface area contributed by atoms with Crippen molar-refractivity contribution in [2.45, 2.75) is 71.1 Å². The van der Waals surface area contributed by atoms with E-state index in [1.54, 1.807) is 0 Å². The van der Waals surface area contributed by atoms with Crippen LogP contribution in [0, 0.1) is 28.6 Å². The smallest absolute Gasteiger partial charge is 0.314 e. The predicted octanol–water partition coefficient (Wildman–Crippen LogP) is 3.12. The number of aliphatic hydroxyl groups is 1. The average Bonchev–Trinajstić information content (AvgIpc) is 3.27. The van der Waals surface area contributed by atoms with Gasteiger partial charge < -0.3 is 19.0 Å². The number of furan rings is 1. The highest BCUT2D eigenvalue weighted by Gasteiger charge is 2.68. The molecular formula is C25H35NO5. The van der Waals surface area contributed by atoms with Crippen molar-refractivity contribution in [3.8, 4) is 0 Å². The van der Waals surface area contributed by atoms with Crippen LogP contribution in [-0.4, -0.2) is 54.5 Å². The van der Waals surface area contributed by atoms with Crippen molar-refractivity contribution in [2.75, 3.05) is 26.3 Å². The monoisotopic (exact) mass is 429 g/mol. The minimum absolute atomic E-state index is 0.0105. The molecule has 1 aromatic rings. The normalized spacial score (nSPS) is 43.7. The number of aliphatic hydroxyl groups excluding tert-OH is 1. The minimum atomic E-state index is -0.586. The van der Waals surface area contributed by atoms with Gasteiger partial charge in [0.05, 0.1) is 31.8 Å². The first-order valence-electron chi connectivity index (χ1n) is 12.1. The molecule has 0 aromatic carbocycles. The first kappa shape index (κ1) is 20.3. The van der Waals surface area contributed by atoms with E-state index in [0.29, 0.717) is 5.92 Å². The average molecular weight is 430 g/mol. The van der Waals surface area contributed by atoms with E-state index in [9.17, 15) is 9.90 Å². The van der Waals surface area contributed by atoms with Crippen LogP contribution in [0.4, 0.5) is 0 Å². The number of carbonyl (C=O) groups excluding carboxylic acids is 1. The first-order chi connectivity index (χ1) is 14.8. The largest absolute Gasteiger partial charge is 0.464 e. The quantitative estimate of drug-likeness (QED) is 0.729. The van der Waals surface area contributed by atoms with Crippen molar-refractivity contribution in [1.29, 1.82) is 0 Å². The molecule has 7 atom stereocenters. The molecule has 0 unspecified atom stereocenters. The molecule has 2 saturated carbocycles. The molecule has 6 rings (SSSR count). The maximum Gasteiger partial charge on any atom is 0.314 e. The Morgan fingerprint density at radius 1 is 1.19 bits per heavy atom. The molecule has 31 heavy (non-hydrogen) atoms. The lowest BCUT2D eigenvalue weighted by Gasteiger charge is -2.62. The standard InChI is InChI=1S/C25H35NO5/c1-24(2)5-4-6-25(3)16-12-17-15(11-14(30-17)13-26-7-9-29-10-8-26)18-19(16)21(31-23(18)28)20(27)22(24)25/h11,16,18-22,27H,4-10,12-13H2,1-3H3/t16-,18+,19+,20-,21+,22-,25+/m0/s1. The number of esters is 1. The van der Waals surface area contributed by atoms with E-state index < -0.39 is 6.10 Å². The Morgan fingerprint density at radius 2 is 1.97 bits per heavy atom. The molecule has 6 nitrogen and oxygen atoms in total. The molecule has 1 N–H and O–H groups in total. The van der Waals surface area contributed by atoms with E-state index in [0.717, 1.165) is 69.2 Å². The second-order valence-electron chi connectivity index (χ2n) is 11.6. The summed E-state index contributed by atoms with van der Waals surface area (Å²) >= 11 is 0. The van der Waals surface area contributed by atoms with Crippen LogP contribution in [0.25, 0.3) is 0 Å². The van der Waals surface area contributed by atoms with Crippen molar-refractivity contribution in [3.63, 3.8) is 0 Å². The van der Waals surface area contributed by atoms with Gasteiger partial charge in [-0.2, -0.15) is 0 Å². The zero-order valence-corrected chi connectivity index (χ0v) is 18.9. The Labute approximate surface area is 184 Å². The van der Waals surface area contributed by atoms with E-state index in [4.69, 9.17) is 13.9 Å². The lowest BCUT2D eigenvalue weighted by Crippen LogP contribution is -2.63. The summed E-state index contributed by atoms with van der Waals surface area (Å²) in [4.78, 5) is 15.5. The molecule has 170 valence electrons. The lowest BCUT2D eigenvalue weighted by molar-refractivity contribution is -0.203. The third-order valence-electron chi connectivity index (χ3n) is 9.47. The molecule has 0 radical (unpaired) electrons. The molecule has 0 amide bonds. The van der Waals surface area contributed by atoms with Crippen LogP contribution in [0.3, 0.4) is 0 Å². The number of carbonyl (C=O) groups is 1. The van der Waals surface area contributed by atoms with Crippen LogP contribution >= 0.6 is 0 Å². The molecule has 0 spiro atoms. The van der Waals surface area contributed by atoms with Crippen molar-refractivity contribution in [3.05, 3.63) is 23.2 Å². The maximum atomic E-state index is 13.1. The zero-order valence-electron chi connectivity index (χ0n) is 18.9. The number of nitrogens with zero attached hydrogens (tertiary/aromatic N) is 1.